The molecule has 0 atom stereocenters. The van der Waals surface area contributed by atoms with Crippen LogP contribution in [0, 0.1) is 0 Å². The lowest BCUT2D eigenvalue weighted by Gasteiger charge is -2.11. The zero-order valence-electron chi connectivity index (χ0n) is 18.8. The van der Waals surface area contributed by atoms with Gasteiger partial charge >= 0.3 is 0 Å². The van der Waals surface area contributed by atoms with Gasteiger partial charge in [0.25, 0.3) is 0 Å². The van der Waals surface area contributed by atoms with Crippen molar-refractivity contribution in [2.24, 2.45) is 0 Å². The van der Waals surface area contributed by atoms with E-state index in [1.165, 1.54) is 83.5 Å². The number of hydrazine groups is 1. The molecule has 5 heteroatoms. The Bertz CT molecular complexity index is 364. The molecule has 0 aliphatic heterocycles. The summed E-state index contributed by atoms with van der Waals surface area (Å²) in [5.41, 5.74) is 5.43. The highest BCUT2D eigenvalue weighted by Gasteiger charge is 2.02. The monoisotopic (exact) mass is 413 g/mol. The van der Waals surface area contributed by atoms with Gasteiger partial charge in [0.15, 0.2) is 5.11 Å². The zero-order valence-corrected chi connectivity index (χ0v) is 19.6. The Balaban J connectivity index is 3.22. The van der Waals surface area contributed by atoms with Gasteiger partial charge in [-0.3, -0.25) is 15.6 Å². The number of thiocarbonyl (C=S) groups is 1. The molecule has 28 heavy (non-hydrogen) atoms. The van der Waals surface area contributed by atoms with Crippen molar-refractivity contribution in [3.8, 4) is 0 Å². The van der Waals surface area contributed by atoms with E-state index in [0.717, 1.165) is 32.2 Å². The molecule has 1 amide bonds. The fourth-order valence-corrected chi connectivity index (χ4v) is 3.42. The Morgan fingerprint density at radius 1 is 0.607 bits per heavy atom. The molecule has 0 rings (SSSR count). The maximum atomic E-state index is 11.8. The molecule has 0 heterocycles. The third-order valence-electron chi connectivity index (χ3n) is 5.14. The van der Waals surface area contributed by atoms with Crippen molar-refractivity contribution in [3.05, 3.63) is 0 Å². The van der Waals surface area contributed by atoms with Crippen LogP contribution >= 0.6 is 12.2 Å². The van der Waals surface area contributed by atoms with Gasteiger partial charge in [-0.15, -0.1) is 0 Å². The Kier molecular flexibility index (Phi) is 21.8. The lowest BCUT2D eigenvalue weighted by molar-refractivity contribution is -0.121. The molecule has 0 aromatic carbocycles. The minimum Gasteiger partial charge on any atom is -0.361 e. The number of hydrogen-bond acceptors (Lipinski definition) is 2. The van der Waals surface area contributed by atoms with Crippen LogP contribution in [0.1, 0.15) is 129 Å². The summed E-state index contributed by atoms with van der Waals surface area (Å²) in [5.74, 6) is 0.0225. The van der Waals surface area contributed by atoms with Gasteiger partial charge < -0.3 is 5.32 Å². The van der Waals surface area contributed by atoms with Gasteiger partial charge in [-0.1, -0.05) is 110 Å². The van der Waals surface area contributed by atoms with Crippen molar-refractivity contribution >= 4 is 23.2 Å². The van der Waals surface area contributed by atoms with Crippen molar-refractivity contribution in [3.63, 3.8) is 0 Å². The van der Waals surface area contributed by atoms with E-state index in [0.29, 0.717) is 11.5 Å². The van der Waals surface area contributed by atoms with Crippen LogP contribution in [0.25, 0.3) is 0 Å². The van der Waals surface area contributed by atoms with Gasteiger partial charge in [0.1, 0.15) is 0 Å². The van der Waals surface area contributed by atoms with E-state index in [1.807, 2.05) is 0 Å². The first kappa shape index (κ1) is 27.2. The third-order valence-corrected chi connectivity index (χ3v) is 5.39. The number of rotatable bonds is 19. The molecule has 0 aromatic heterocycles. The van der Waals surface area contributed by atoms with Crippen LogP contribution in [0.2, 0.25) is 0 Å². The largest absolute Gasteiger partial charge is 0.361 e. The second-order valence-corrected chi connectivity index (χ2v) is 8.39. The van der Waals surface area contributed by atoms with Crippen molar-refractivity contribution in [1.82, 2.24) is 16.2 Å². The van der Waals surface area contributed by atoms with E-state index >= 15 is 0 Å². The fraction of sp³-hybridized carbons (Fsp3) is 0.913. The van der Waals surface area contributed by atoms with Crippen molar-refractivity contribution in [2.75, 3.05) is 6.54 Å². The van der Waals surface area contributed by atoms with Crippen LogP contribution in [0.15, 0.2) is 0 Å². The molecule has 3 N–H and O–H groups in total. The predicted octanol–water partition coefficient (Wildman–Crippen LogP) is 6.54. The van der Waals surface area contributed by atoms with Crippen LogP contribution in [0.3, 0.4) is 0 Å². The number of carbonyl (C=O) groups excluding carboxylic acids is 1. The number of amides is 1. The quantitative estimate of drug-likeness (QED) is 0.128. The Morgan fingerprint density at radius 2 is 1.04 bits per heavy atom. The van der Waals surface area contributed by atoms with Gasteiger partial charge in [-0.05, 0) is 25.1 Å². The smallest absolute Gasteiger partial charge is 0.238 e. The first-order valence-electron chi connectivity index (χ1n) is 12.0. The van der Waals surface area contributed by atoms with Gasteiger partial charge in [-0.2, -0.15) is 0 Å². The van der Waals surface area contributed by atoms with Crippen LogP contribution in [-0.4, -0.2) is 17.6 Å². The first-order valence-corrected chi connectivity index (χ1v) is 12.4. The molecule has 0 saturated carbocycles. The molecule has 0 spiro atoms. The molecule has 4 nitrogen and oxygen atoms in total. The lowest BCUT2D eigenvalue weighted by atomic mass is 10.0. The van der Waals surface area contributed by atoms with Gasteiger partial charge in [0.05, 0.1) is 0 Å². The van der Waals surface area contributed by atoms with Gasteiger partial charge in [0, 0.05) is 13.0 Å². The van der Waals surface area contributed by atoms with E-state index in [-0.39, 0.29) is 5.91 Å². The SMILES string of the molecule is CCCCCCCCCCCCCCCCCC(=O)NNC(=S)NCCCC. The Hall–Kier alpha value is -0.840. The van der Waals surface area contributed by atoms with Gasteiger partial charge in [-0.25, -0.2) is 0 Å². The molecule has 0 radical (unpaired) electrons. The molecular weight excluding hydrogens is 366 g/mol. The molecule has 0 aliphatic carbocycles. The van der Waals surface area contributed by atoms with Gasteiger partial charge in [0.2, 0.25) is 5.91 Å². The second kappa shape index (κ2) is 22.4. The number of nitrogens with one attached hydrogen (secondary N) is 3. The molecule has 0 fully saturated rings. The average molecular weight is 414 g/mol. The predicted molar refractivity (Wildman–Crippen MR) is 126 cm³/mol. The summed E-state index contributed by atoms with van der Waals surface area (Å²) < 4.78 is 0. The Labute approximate surface area is 180 Å². The van der Waals surface area contributed by atoms with E-state index < -0.39 is 0 Å². The standard InChI is InChI=1S/C23H47N3OS/c1-3-5-7-8-9-10-11-12-13-14-15-16-17-18-19-20-22(27)25-26-23(28)24-21-6-4-2/h3-21H2,1-2H3,(H,25,27)(H2,24,26,28). The van der Waals surface area contributed by atoms with Crippen molar-refractivity contribution in [2.45, 2.75) is 129 Å². The number of unbranched alkanes of at least 4 members (excludes halogenated alkanes) is 15. The highest BCUT2D eigenvalue weighted by atomic mass is 32.1. The summed E-state index contributed by atoms with van der Waals surface area (Å²) in [4.78, 5) is 11.8. The van der Waals surface area contributed by atoms with E-state index in [1.54, 1.807) is 0 Å². The molecular formula is C23H47N3OS. The zero-order chi connectivity index (χ0) is 20.7. The van der Waals surface area contributed by atoms with Crippen molar-refractivity contribution in [1.29, 1.82) is 0 Å². The average Bonchev–Trinajstić information content (AvgIpc) is 2.69. The Morgan fingerprint density at radius 3 is 1.50 bits per heavy atom. The minimum atomic E-state index is 0.0225. The molecule has 0 aliphatic rings. The summed E-state index contributed by atoms with van der Waals surface area (Å²) in [5, 5.41) is 3.56. The second-order valence-electron chi connectivity index (χ2n) is 7.98. The van der Waals surface area contributed by atoms with E-state index in [9.17, 15) is 4.79 Å². The summed E-state index contributed by atoms with van der Waals surface area (Å²) >= 11 is 5.10. The number of hydrogen-bond donors (Lipinski definition) is 3. The van der Waals surface area contributed by atoms with Crippen LogP contribution in [-0.2, 0) is 4.79 Å². The van der Waals surface area contributed by atoms with Crippen molar-refractivity contribution < 1.29 is 4.79 Å². The molecule has 0 aromatic rings. The normalized spacial score (nSPS) is 10.6. The van der Waals surface area contributed by atoms with E-state index in [2.05, 4.69) is 30.0 Å². The van der Waals surface area contributed by atoms with Crippen LogP contribution < -0.4 is 16.2 Å². The van der Waals surface area contributed by atoms with E-state index in [4.69, 9.17) is 12.2 Å². The summed E-state index contributed by atoms with van der Waals surface area (Å²) in [7, 11) is 0. The summed E-state index contributed by atoms with van der Waals surface area (Å²) in [6.07, 6.45) is 22.9. The number of carbonyl (C=O) groups is 1. The fourth-order valence-electron chi connectivity index (χ4n) is 3.27. The molecule has 166 valence electrons. The maximum Gasteiger partial charge on any atom is 0.238 e. The van der Waals surface area contributed by atoms with Crippen LogP contribution in [0.5, 0.6) is 0 Å². The summed E-state index contributed by atoms with van der Waals surface area (Å²) in [6.45, 7) is 5.26. The minimum absolute atomic E-state index is 0.0225. The lowest BCUT2D eigenvalue weighted by Crippen LogP contribution is -2.46. The summed E-state index contributed by atoms with van der Waals surface area (Å²) in [6, 6.07) is 0. The molecule has 0 unspecified atom stereocenters. The highest BCUT2D eigenvalue weighted by molar-refractivity contribution is 7.80. The maximum absolute atomic E-state index is 11.8. The first-order chi connectivity index (χ1) is 13.7. The molecule has 0 saturated heterocycles. The van der Waals surface area contributed by atoms with Crippen LogP contribution in [0.4, 0.5) is 0 Å². The highest BCUT2D eigenvalue weighted by Crippen LogP contribution is 2.13. The molecule has 0 bridgehead atoms. The third kappa shape index (κ3) is 21.5. The topological polar surface area (TPSA) is 53.2 Å².